The second kappa shape index (κ2) is 6.02. The van der Waals surface area contributed by atoms with Crippen LogP contribution >= 0.6 is 0 Å². The third-order valence-electron chi connectivity index (χ3n) is 4.46. The first-order valence-electron chi connectivity index (χ1n) is 7.00. The van der Waals surface area contributed by atoms with E-state index in [-0.39, 0.29) is 5.91 Å². The van der Waals surface area contributed by atoms with Gasteiger partial charge < -0.3 is 16.0 Å². The lowest BCUT2D eigenvalue weighted by molar-refractivity contribution is -0.124. The molecule has 0 aliphatic carbocycles. The minimum atomic E-state index is -0.582. The molecule has 1 saturated heterocycles. The van der Waals surface area contributed by atoms with Gasteiger partial charge in [-0.25, -0.2) is 0 Å². The molecule has 1 aliphatic heterocycles. The highest BCUT2D eigenvalue weighted by atomic mass is 16.1. The molecule has 0 saturated carbocycles. The number of hydrogen-bond acceptors (Lipinski definition) is 3. The summed E-state index contributed by atoms with van der Waals surface area (Å²) >= 11 is 0. The number of nitrogens with zero attached hydrogens (tertiary/aromatic N) is 1. The van der Waals surface area contributed by atoms with Gasteiger partial charge in [0.2, 0.25) is 5.91 Å². The smallest absolute Gasteiger partial charge is 0.237 e. The molecule has 0 bridgehead atoms. The third-order valence-corrected chi connectivity index (χ3v) is 4.46. The normalized spacial score (nSPS) is 24.2. The predicted molar refractivity (Wildman–Crippen MR) is 75.3 cm³/mol. The van der Waals surface area contributed by atoms with Crippen LogP contribution in [0, 0.1) is 5.41 Å². The lowest BCUT2D eigenvalue weighted by Gasteiger charge is -2.29. The molecule has 0 aromatic heterocycles. The highest BCUT2D eigenvalue weighted by Crippen LogP contribution is 2.29. The minimum Gasteiger partial charge on any atom is -0.368 e. The maximum atomic E-state index is 11.4. The van der Waals surface area contributed by atoms with Crippen LogP contribution in [0.5, 0.6) is 0 Å². The Bertz CT molecular complexity index is 291. The number of amides is 1. The summed E-state index contributed by atoms with van der Waals surface area (Å²) < 4.78 is 0. The molecule has 1 heterocycles. The van der Waals surface area contributed by atoms with Gasteiger partial charge in [0.25, 0.3) is 0 Å². The van der Waals surface area contributed by atoms with Crippen molar-refractivity contribution in [2.45, 2.75) is 52.0 Å². The number of carbonyl (C=O) groups excluding carboxylic acids is 1. The van der Waals surface area contributed by atoms with E-state index in [0.29, 0.717) is 5.41 Å². The molecule has 1 amide bonds. The molecule has 0 radical (unpaired) electrons. The monoisotopic (exact) mass is 255 g/mol. The van der Waals surface area contributed by atoms with E-state index in [1.807, 2.05) is 6.92 Å². The van der Waals surface area contributed by atoms with E-state index in [2.05, 4.69) is 24.1 Å². The highest BCUT2D eigenvalue weighted by Gasteiger charge is 2.30. The number of nitrogens with two attached hydrogens (primary N) is 1. The summed E-state index contributed by atoms with van der Waals surface area (Å²) in [6, 6.07) is 0. The van der Waals surface area contributed by atoms with Gasteiger partial charge in [-0.2, -0.15) is 0 Å². The lowest BCUT2D eigenvalue weighted by atomic mass is 9.85. The average Bonchev–Trinajstić information content (AvgIpc) is 2.47. The van der Waals surface area contributed by atoms with Crippen LogP contribution in [0.2, 0.25) is 0 Å². The van der Waals surface area contributed by atoms with Gasteiger partial charge in [0, 0.05) is 6.54 Å². The maximum Gasteiger partial charge on any atom is 0.237 e. The van der Waals surface area contributed by atoms with E-state index in [0.717, 1.165) is 26.1 Å². The van der Waals surface area contributed by atoms with Crippen LogP contribution in [0.25, 0.3) is 0 Å². The Kier molecular flexibility index (Phi) is 5.17. The van der Waals surface area contributed by atoms with Gasteiger partial charge in [-0.1, -0.05) is 13.8 Å². The second-order valence-electron chi connectivity index (χ2n) is 6.56. The average molecular weight is 255 g/mol. The van der Waals surface area contributed by atoms with Crippen molar-refractivity contribution in [2.24, 2.45) is 11.1 Å². The molecule has 1 atom stereocenters. The molecular weight excluding hydrogens is 226 g/mol. The standard InChI is InChI=1S/C14H29N3O/c1-13(2)6-5-9-17(10-7-13)11-8-14(3,16-4)12(15)18/h16H,5-11H2,1-4H3,(H2,15,18). The summed E-state index contributed by atoms with van der Waals surface area (Å²) in [6.45, 7) is 9.79. The highest BCUT2D eigenvalue weighted by molar-refractivity contribution is 5.84. The van der Waals surface area contributed by atoms with Crippen molar-refractivity contribution in [3.8, 4) is 0 Å². The SMILES string of the molecule is CNC(C)(CCN1CCCC(C)(C)CC1)C(N)=O. The summed E-state index contributed by atoms with van der Waals surface area (Å²) in [7, 11) is 1.80. The van der Waals surface area contributed by atoms with E-state index in [1.165, 1.54) is 19.3 Å². The Hall–Kier alpha value is -0.610. The van der Waals surface area contributed by atoms with Crippen molar-refractivity contribution in [1.29, 1.82) is 0 Å². The van der Waals surface area contributed by atoms with Crippen LogP contribution in [0.1, 0.15) is 46.5 Å². The molecule has 4 nitrogen and oxygen atoms in total. The van der Waals surface area contributed by atoms with Crippen molar-refractivity contribution in [3.05, 3.63) is 0 Å². The molecule has 106 valence electrons. The van der Waals surface area contributed by atoms with Gasteiger partial charge >= 0.3 is 0 Å². The number of rotatable bonds is 5. The van der Waals surface area contributed by atoms with E-state index < -0.39 is 5.54 Å². The van der Waals surface area contributed by atoms with Crippen LogP contribution in [0.4, 0.5) is 0 Å². The van der Waals surface area contributed by atoms with Crippen LogP contribution < -0.4 is 11.1 Å². The molecule has 1 rings (SSSR count). The number of hydrogen-bond donors (Lipinski definition) is 2. The summed E-state index contributed by atoms with van der Waals surface area (Å²) in [5.74, 6) is -0.264. The first-order valence-corrected chi connectivity index (χ1v) is 7.00. The molecule has 1 aliphatic rings. The second-order valence-corrected chi connectivity index (χ2v) is 6.56. The van der Waals surface area contributed by atoms with Gasteiger partial charge in [0.1, 0.15) is 0 Å². The summed E-state index contributed by atoms with van der Waals surface area (Å²) in [5.41, 5.74) is 5.33. The fourth-order valence-corrected chi connectivity index (χ4v) is 2.46. The van der Waals surface area contributed by atoms with Gasteiger partial charge in [-0.05, 0) is 58.2 Å². The van der Waals surface area contributed by atoms with E-state index in [4.69, 9.17) is 5.73 Å². The van der Waals surface area contributed by atoms with Crippen molar-refractivity contribution >= 4 is 5.91 Å². The van der Waals surface area contributed by atoms with Crippen molar-refractivity contribution in [1.82, 2.24) is 10.2 Å². The quantitative estimate of drug-likeness (QED) is 0.779. The predicted octanol–water partition coefficient (Wildman–Crippen LogP) is 1.35. The minimum absolute atomic E-state index is 0.264. The molecule has 1 fully saturated rings. The fourth-order valence-electron chi connectivity index (χ4n) is 2.46. The van der Waals surface area contributed by atoms with Gasteiger partial charge in [-0.15, -0.1) is 0 Å². The van der Waals surface area contributed by atoms with Crippen LogP contribution in [-0.4, -0.2) is 43.0 Å². The zero-order valence-electron chi connectivity index (χ0n) is 12.4. The van der Waals surface area contributed by atoms with Gasteiger partial charge in [0.05, 0.1) is 5.54 Å². The first kappa shape index (κ1) is 15.4. The Morgan fingerprint density at radius 2 is 2.06 bits per heavy atom. The molecular formula is C14H29N3O. The molecule has 0 aromatic carbocycles. The molecule has 3 N–H and O–H groups in total. The lowest BCUT2D eigenvalue weighted by Crippen LogP contribution is -2.53. The van der Waals surface area contributed by atoms with Crippen LogP contribution in [0.15, 0.2) is 0 Å². The largest absolute Gasteiger partial charge is 0.368 e. The van der Waals surface area contributed by atoms with E-state index >= 15 is 0 Å². The number of nitrogens with one attached hydrogen (secondary N) is 1. The summed E-state index contributed by atoms with van der Waals surface area (Å²) in [6.07, 6.45) is 4.56. The molecule has 1 unspecified atom stereocenters. The number of likely N-dealkylation sites (tertiary alicyclic amines) is 1. The molecule has 0 spiro atoms. The topological polar surface area (TPSA) is 58.4 Å². The summed E-state index contributed by atoms with van der Waals surface area (Å²) in [5, 5.41) is 3.05. The third kappa shape index (κ3) is 4.25. The Morgan fingerprint density at radius 1 is 1.39 bits per heavy atom. The zero-order chi connectivity index (χ0) is 13.8. The number of likely N-dealkylation sites (N-methyl/N-ethyl adjacent to an activating group) is 1. The Labute approximate surface area is 111 Å². The van der Waals surface area contributed by atoms with Crippen molar-refractivity contribution < 1.29 is 4.79 Å². The summed E-state index contributed by atoms with van der Waals surface area (Å²) in [4.78, 5) is 13.9. The van der Waals surface area contributed by atoms with E-state index in [1.54, 1.807) is 7.05 Å². The van der Waals surface area contributed by atoms with Crippen LogP contribution in [0.3, 0.4) is 0 Å². The van der Waals surface area contributed by atoms with E-state index in [9.17, 15) is 4.79 Å². The Morgan fingerprint density at radius 3 is 2.61 bits per heavy atom. The van der Waals surface area contributed by atoms with Gasteiger partial charge in [-0.3, -0.25) is 4.79 Å². The Balaban J connectivity index is 2.46. The number of primary amides is 1. The van der Waals surface area contributed by atoms with Crippen molar-refractivity contribution in [3.63, 3.8) is 0 Å². The first-order chi connectivity index (χ1) is 8.29. The maximum absolute atomic E-state index is 11.4. The van der Waals surface area contributed by atoms with Gasteiger partial charge in [0.15, 0.2) is 0 Å². The van der Waals surface area contributed by atoms with Crippen molar-refractivity contribution in [2.75, 3.05) is 26.7 Å². The number of carbonyl (C=O) groups is 1. The fraction of sp³-hybridized carbons (Fsp3) is 0.929. The zero-order valence-corrected chi connectivity index (χ0v) is 12.4. The molecule has 0 aromatic rings. The molecule has 4 heteroatoms. The molecule has 18 heavy (non-hydrogen) atoms. The van der Waals surface area contributed by atoms with Crippen LogP contribution in [-0.2, 0) is 4.79 Å².